The van der Waals surface area contributed by atoms with E-state index in [0.29, 0.717) is 11.3 Å². The van der Waals surface area contributed by atoms with Gasteiger partial charge < -0.3 is 9.84 Å². The summed E-state index contributed by atoms with van der Waals surface area (Å²) in [5.41, 5.74) is 0.518. The zero-order chi connectivity index (χ0) is 11.1. The Bertz CT molecular complexity index is 528. The lowest BCUT2D eigenvalue weighted by Gasteiger charge is -2.04. The SMILES string of the molecule is COc1cccc2c1C=C(CO)S2(=O)=O. The smallest absolute Gasteiger partial charge is 0.205 e. The predicted molar refractivity (Wildman–Crippen MR) is 55.2 cm³/mol. The molecule has 0 radical (unpaired) electrons. The first-order valence-corrected chi connectivity index (χ1v) is 5.83. The minimum atomic E-state index is -3.50. The van der Waals surface area contributed by atoms with Gasteiger partial charge in [-0.2, -0.15) is 0 Å². The van der Waals surface area contributed by atoms with Crippen LogP contribution in [0.1, 0.15) is 5.56 Å². The van der Waals surface area contributed by atoms with E-state index >= 15 is 0 Å². The van der Waals surface area contributed by atoms with Crippen LogP contribution in [0.25, 0.3) is 6.08 Å². The number of aliphatic hydroxyl groups is 1. The van der Waals surface area contributed by atoms with Crippen LogP contribution in [-0.2, 0) is 9.84 Å². The van der Waals surface area contributed by atoms with Crippen LogP contribution >= 0.6 is 0 Å². The molecule has 0 bridgehead atoms. The monoisotopic (exact) mass is 226 g/mol. The van der Waals surface area contributed by atoms with E-state index in [0.717, 1.165) is 0 Å². The molecular weight excluding hydrogens is 216 g/mol. The number of methoxy groups -OCH3 is 1. The van der Waals surface area contributed by atoms with Crippen LogP contribution < -0.4 is 4.74 Å². The number of aliphatic hydroxyl groups excluding tert-OH is 1. The summed E-state index contributed by atoms with van der Waals surface area (Å²) in [6.45, 7) is -0.486. The van der Waals surface area contributed by atoms with Gasteiger partial charge in [0, 0.05) is 5.56 Å². The van der Waals surface area contributed by atoms with Gasteiger partial charge in [-0.05, 0) is 18.2 Å². The molecule has 80 valence electrons. The Balaban J connectivity index is 2.73. The topological polar surface area (TPSA) is 63.6 Å². The number of rotatable bonds is 2. The second-order valence-electron chi connectivity index (χ2n) is 3.14. The van der Waals surface area contributed by atoms with E-state index in [2.05, 4.69) is 0 Å². The zero-order valence-electron chi connectivity index (χ0n) is 8.10. The molecule has 1 aliphatic rings. The molecule has 1 N–H and O–H groups in total. The summed E-state index contributed by atoms with van der Waals surface area (Å²) in [4.78, 5) is 0.216. The number of fused-ring (bicyclic) bond motifs is 1. The lowest BCUT2D eigenvalue weighted by Crippen LogP contribution is -2.03. The molecule has 0 aromatic heterocycles. The minimum Gasteiger partial charge on any atom is -0.496 e. The van der Waals surface area contributed by atoms with Gasteiger partial charge in [0.2, 0.25) is 9.84 Å². The van der Waals surface area contributed by atoms with Crippen LogP contribution in [0.4, 0.5) is 0 Å². The Kier molecular flexibility index (Phi) is 2.28. The molecule has 1 aromatic carbocycles. The van der Waals surface area contributed by atoms with Crippen LogP contribution in [0, 0.1) is 0 Å². The molecule has 1 aliphatic heterocycles. The van der Waals surface area contributed by atoms with Crippen LogP contribution in [0.5, 0.6) is 5.75 Å². The molecule has 4 nitrogen and oxygen atoms in total. The summed E-state index contributed by atoms with van der Waals surface area (Å²) in [6, 6.07) is 4.81. The highest BCUT2D eigenvalue weighted by Gasteiger charge is 2.30. The van der Waals surface area contributed by atoms with E-state index in [9.17, 15) is 8.42 Å². The first-order chi connectivity index (χ1) is 7.11. The van der Waals surface area contributed by atoms with Gasteiger partial charge in [0.1, 0.15) is 5.75 Å². The van der Waals surface area contributed by atoms with Gasteiger partial charge in [-0.15, -0.1) is 0 Å². The lowest BCUT2D eigenvalue weighted by molar-refractivity contribution is 0.339. The van der Waals surface area contributed by atoms with E-state index in [-0.39, 0.29) is 9.80 Å². The summed E-state index contributed by atoms with van der Waals surface area (Å²) < 4.78 is 28.7. The van der Waals surface area contributed by atoms with Crippen LogP contribution in [0.15, 0.2) is 28.0 Å². The summed E-state index contributed by atoms with van der Waals surface area (Å²) in [7, 11) is -2.02. The quantitative estimate of drug-likeness (QED) is 0.810. The average molecular weight is 226 g/mol. The number of hydrogen-bond donors (Lipinski definition) is 1. The van der Waals surface area contributed by atoms with Crippen LogP contribution in [0.2, 0.25) is 0 Å². The van der Waals surface area contributed by atoms with E-state index in [1.54, 1.807) is 12.1 Å². The lowest BCUT2D eigenvalue weighted by atomic mass is 10.2. The van der Waals surface area contributed by atoms with Crippen molar-refractivity contribution in [3.8, 4) is 5.75 Å². The highest BCUT2D eigenvalue weighted by Crippen LogP contribution is 2.37. The molecule has 0 spiro atoms. The average Bonchev–Trinajstić information content (AvgIpc) is 2.50. The number of hydrogen-bond acceptors (Lipinski definition) is 4. The van der Waals surface area contributed by atoms with Gasteiger partial charge in [-0.25, -0.2) is 8.42 Å². The summed E-state index contributed by atoms with van der Waals surface area (Å²) >= 11 is 0. The molecule has 0 saturated carbocycles. The number of sulfone groups is 1. The summed E-state index contributed by atoms with van der Waals surface area (Å²) in [5, 5.41) is 8.95. The molecule has 0 atom stereocenters. The second-order valence-corrected chi connectivity index (χ2v) is 5.12. The van der Waals surface area contributed by atoms with Crippen molar-refractivity contribution < 1.29 is 18.3 Å². The van der Waals surface area contributed by atoms with E-state index in [4.69, 9.17) is 9.84 Å². The van der Waals surface area contributed by atoms with Crippen molar-refractivity contribution >= 4 is 15.9 Å². The van der Waals surface area contributed by atoms with Crippen molar-refractivity contribution in [3.05, 3.63) is 28.7 Å². The molecule has 0 fully saturated rings. The fourth-order valence-electron chi connectivity index (χ4n) is 1.59. The van der Waals surface area contributed by atoms with Crippen LogP contribution in [-0.4, -0.2) is 27.2 Å². The maximum atomic E-state index is 11.8. The molecule has 2 rings (SSSR count). The largest absolute Gasteiger partial charge is 0.496 e. The van der Waals surface area contributed by atoms with Crippen molar-refractivity contribution in [2.45, 2.75) is 4.90 Å². The van der Waals surface area contributed by atoms with Crippen molar-refractivity contribution in [3.63, 3.8) is 0 Å². The summed E-state index contributed by atoms with van der Waals surface area (Å²) in [6.07, 6.45) is 1.45. The Morgan fingerprint density at radius 1 is 1.40 bits per heavy atom. The van der Waals surface area contributed by atoms with Gasteiger partial charge in [0.05, 0.1) is 23.5 Å². The Labute approximate surface area is 87.7 Å². The van der Waals surface area contributed by atoms with Crippen molar-refractivity contribution in [1.82, 2.24) is 0 Å². The fraction of sp³-hybridized carbons (Fsp3) is 0.200. The van der Waals surface area contributed by atoms with E-state index < -0.39 is 16.4 Å². The third-order valence-corrected chi connectivity index (χ3v) is 4.21. The highest BCUT2D eigenvalue weighted by molar-refractivity contribution is 7.95. The first-order valence-electron chi connectivity index (χ1n) is 4.35. The van der Waals surface area contributed by atoms with E-state index in [1.165, 1.54) is 19.3 Å². The van der Waals surface area contributed by atoms with Gasteiger partial charge >= 0.3 is 0 Å². The zero-order valence-corrected chi connectivity index (χ0v) is 8.91. The predicted octanol–water partition coefficient (Wildman–Crippen LogP) is 0.816. The van der Waals surface area contributed by atoms with Gasteiger partial charge in [0.25, 0.3) is 0 Å². The highest BCUT2D eigenvalue weighted by atomic mass is 32.2. The van der Waals surface area contributed by atoms with E-state index in [1.807, 2.05) is 0 Å². The van der Waals surface area contributed by atoms with Crippen molar-refractivity contribution in [2.24, 2.45) is 0 Å². The molecule has 1 heterocycles. The standard InChI is InChI=1S/C10H10O4S/c1-14-9-3-2-4-10-8(9)5-7(6-11)15(10,12)13/h2-5,11H,6H2,1H3. The van der Waals surface area contributed by atoms with Gasteiger partial charge in [-0.3, -0.25) is 0 Å². The molecule has 0 saturated heterocycles. The maximum Gasteiger partial charge on any atom is 0.205 e. The van der Waals surface area contributed by atoms with Crippen molar-refractivity contribution in [1.29, 1.82) is 0 Å². The fourth-order valence-corrected chi connectivity index (χ4v) is 3.02. The normalized spacial score (nSPS) is 17.1. The minimum absolute atomic E-state index is 0.0157. The van der Waals surface area contributed by atoms with Crippen molar-refractivity contribution in [2.75, 3.05) is 13.7 Å². The summed E-state index contributed by atoms with van der Waals surface area (Å²) in [5.74, 6) is 0.500. The molecular formula is C10H10O4S. The van der Waals surface area contributed by atoms with Gasteiger partial charge in [-0.1, -0.05) is 6.07 Å². The molecule has 1 aromatic rings. The Morgan fingerprint density at radius 2 is 2.13 bits per heavy atom. The Morgan fingerprint density at radius 3 is 2.73 bits per heavy atom. The number of ether oxygens (including phenoxy) is 1. The molecule has 0 amide bonds. The molecule has 5 heteroatoms. The maximum absolute atomic E-state index is 11.8. The number of benzene rings is 1. The molecule has 0 unspecified atom stereocenters. The van der Waals surface area contributed by atoms with Crippen LogP contribution in [0.3, 0.4) is 0 Å². The Hall–Kier alpha value is -1.33. The third-order valence-electron chi connectivity index (χ3n) is 2.34. The first kappa shape index (κ1) is 10.2. The second kappa shape index (κ2) is 3.36. The molecule has 15 heavy (non-hydrogen) atoms. The molecule has 0 aliphatic carbocycles. The third kappa shape index (κ3) is 1.35. The van der Waals surface area contributed by atoms with Gasteiger partial charge in [0.15, 0.2) is 0 Å².